The van der Waals surface area contributed by atoms with Gasteiger partial charge >= 0.3 is 0 Å². The van der Waals surface area contributed by atoms with Crippen LogP contribution in [0.5, 0.6) is 0 Å². The molecule has 0 atom stereocenters. The zero-order valence-corrected chi connectivity index (χ0v) is 8.40. The molecule has 1 aliphatic carbocycles. The Morgan fingerprint density at radius 1 is 1.42 bits per heavy atom. The SMILES string of the molecule is O=S(=O)(Cl)CCOCC1CCC1. The average molecular weight is 213 g/mol. The fraction of sp³-hybridized carbons (Fsp3) is 1.00. The highest BCUT2D eigenvalue weighted by Gasteiger charge is 2.17. The molecule has 0 heterocycles. The van der Waals surface area contributed by atoms with Crippen molar-refractivity contribution in [3.63, 3.8) is 0 Å². The summed E-state index contributed by atoms with van der Waals surface area (Å²) in [5, 5.41) is 0. The lowest BCUT2D eigenvalue weighted by Crippen LogP contribution is -2.19. The minimum Gasteiger partial charge on any atom is -0.380 e. The molecule has 5 heteroatoms. The van der Waals surface area contributed by atoms with Gasteiger partial charge in [0, 0.05) is 17.3 Å². The molecular formula is C7H13ClO3S. The van der Waals surface area contributed by atoms with Crippen LogP contribution in [0.25, 0.3) is 0 Å². The van der Waals surface area contributed by atoms with Gasteiger partial charge in [0.2, 0.25) is 9.05 Å². The molecule has 1 rings (SSSR count). The predicted molar refractivity (Wildman–Crippen MR) is 47.8 cm³/mol. The first-order valence-corrected chi connectivity index (χ1v) is 6.56. The van der Waals surface area contributed by atoms with Crippen molar-refractivity contribution >= 4 is 19.7 Å². The van der Waals surface area contributed by atoms with Crippen LogP contribution in [-0.4, -0.2) is 27.4 Å². The predicted octanol–water partition coefficient (Wildman–Crippen LogP) is 1.37. The number of rotatable bonds is 5. The van der Waals surface area contributed by atoms with Gasteiger partial charge in [-0.05, 0) is 18.8 Å². The van der Waals surface area contributed by atoms with E-state index in [4.69, 9.17) is 15.4 Å². The molecule has 12 heavy (non-hydrogen) atoms. The molecular weight excluding hydrogens is 200 g/mol. The van der Waals surface area contributed by atoms with E-state index in [2.05, 4.69) is 0 Å². The van der Waals surface area contributed by atoms with Gasteiger partial charge in [-0.15, -0.1) is 0 Å². The van der Waals surface area contributed by atoms with Crippen molar-refractivity contribution in [1.82, 2.24) is 0 Å². The van der Waals surface area contributed by atoms with Gasteiger partial charge in [0.1, 0.15) is 0 Å². The highest BCUT2D eigenvalue weighted by molar-refractivity contribution is 8.13. The van der Waals surface area contributed by atoms with Gasteiger partial charge in [-0.1, -0.05) is 6.42 Å². The summed E-state index contributed by atoms with van der Waals surface area (Å²) in [6, 6.07) is 0. The minimum absolute atomic E-state index is 0.0821. The third kappa shape index (κ3) is 4.28. The summed E-state index contributed by atoms with van der Waals surface area (Å²) in [7, 11) is 1.63. The van der Waals surface area contributed by atoms with Gasteiger partial charge < -0.3 is 4.74 Å². The largest absolute Gasteiger partial charge is 0.380 e. The molecule has 0 spiro atoms. The number of ether oxygens (including phenoxy) is 1. The Kier molecular flexibility index (Phi) is 3.80. The van der Waals surface area contributed by atoms with Crippen molar-refractivity contribution in [2.45, 2.75) is 19.3 Å². The Morgan fingerprint density at radius 3 is 2.50 bits per heavy atom. The van der Waals surface area contributed by atoms with Gasteiger partial charge in [0.15, 0.2) is 0 Å². The second-order valence-electron chi connectivity index (χ2n) is 3.11. The van der Waals surface area contributed by atoms with Crippen LogP contribution in [0.3, 0.4) is 0 Å². The van der Waals surface area contributed by atoms with E-state index < -0.39 is 9.05 Å². The van der Waals surface area contributed by atoms with E-state index >= 15 is 0 Å². The summed E-state index contributed by atoms with van der Waals surface area (Å²) in [4.78, 5) is 0. The molecule has 0 N–H and O–H groups in total. The molecule has 1 fully saturated rings. The molecule has 1 saturated carbocycles. The first kappa shape index (κ1) is 10.3. The Hall–Kier alpha value is 0.200. The van der Waals surface area contributed by atoms with Crippen molar-refractivity contribution in [2.75, 3.05) is 19.0 Å². The zero-order valence-electron chi connectivity index (χ0n) is 6.83. The van der Waals surface area contributed by atoms with Crippen molar-refractivity contribution < 1.29 is 13.2 Å². The van der Waals surface area contributed by atoms with Crippen LogP contribution in [0.15, 0.2) is 0 Å². The molecule has 0 amide bonds. The maximum absolute atomic E-state index is 10.4. The quantitative estimate of drug-likeness (QED) is 0.511. The first-order chi connectivity index (χ1) is 5.58. The summed E-state index contributed by atoms with van der Waals surface area (Å²) >= 11 is 0. The minimum atomic E-state index is -3.36. The normalized spacial score (nSPS) is 19.1. The smallest absolute Gasteiger partial charge is 0.234 e. The third-order valence-corrected chi connectivity index (χ3v) is 3.17. The second-order valence-corrected chi connectivity index (χ2v) is 6.01. The van der Waals surface area contributed by atoms with E-state index in [1.54, 1.807) is 0 Å². The van der Waals surface area contributed by atoms with Gasteiger partial charge in [0.05, 0.1) is 12.4 Å². The molecule has 0 aromatic carbocycles. The van der Waals surface area contributed by atoms with Crippen molar-refractivity contribution in [3.05, 3.63) is 0 Å². The molecule has 0 unspecified atom stereocenters. The van der Waals surface area contributed by atoms with Gasteiger partial charge in [-0.3, -0.25) is 0 Å². The standard InChI is InChI=1S/C7H13ClO3S/c8-12(9,10)5-4-11-6-7-2-1-3-7/h7H,1-6H2. The third-order valence-electron chi connectivity index (χ3n) is 2.05. The van der Waals surface area contributed by atoms with Gasteiger partial charge in [-0.2, -0.15) is 0 Å². The van der Waals surface area contributed by atoms with Crippen LogP contribution in [0.2, 0.25) is 0 Å². The van der Waals surface area contributed by atoms with E-state index in [1.807, 2.05) is 0 Å². The Bertz CT molecular complexity index is 221. The summed E-state index contributed by atoms with van der Waals surface area (Å²) in [6.45, 7) is 0.911. The monoisotopic (exact) mass is 212 g/mol. The molecule has 72 valence electrons. The van der Waals surface area contributed by atoms with Crippen LogP contribution >= 0.6 is 10.7 Å². The van der Waals surface area contributed by atoms with Gasteiger partial charge in [0.25, 0.3) is 0 Å². The number of hydrogen-bond acceptors (Lipinski definition) is 3. The van der Waals surface area contributed by atoms with E-state index in [-0.39, 0.29) is 12.4 Å². The first-order valence-electron chi connectivity index (χ1n) is 4.08. The topological polar surface area (TPSA) is 43.4 Å². The molecule has 0 aromatic rings. The zero-order chi connectivity index (χ0) is 9.03. The summed E-state index contributed by atoms with van der Waals surface area (Å²) in [6.07, 6.45) is 3.71. The molecule has 0 bridgehead atoms. The molecule has 3 nitrogen and oxygen atoms in total. The molecule has 0 radical (unpaired) electrons. The second kappa shape index (κ2) is 4.44. The molecule has 1 aliphatic rings. The maximum Gasteiger partial charge on any atom is 0.234 e. The Labute approximate surface area is 77.5 Å². The maximum atomic E-state index is 10.4. The Morgan fingerprint density at radius 2 is 2.08 bits per heavy atom. The Balaban J connectivity index is 1.95. The fourth-order valence-corrected chi connectivity index (χ4v) is 1.57. The van der Waals surface area contributed by atoms with Crippen LogP contribution in [0.4, 0.5) is 0 Å². The van der Waals surface area contributed by atoms with Crippen LogP contribution < -0.4 is 0 Å². The van der Waals surface area contributed by atoms with E-state index in [0.717, 1.165) is 0 Å². The summed E-state index contributed by atoms with van der Waals surface area (Å²) in [5.74, 6) is 0.574. The lowest BCUT2D eigenvalue weighted by Gasteiger charge is -2.24. The van der Waals surface area contributed by atoms with Crippen LogP contribution in [0, 0.1) is 5.92 Å². The number of halogens is 1. The highest BCUT2D eigenvalue weighted by atomic mass is 35.7. The lowest BCUT2D eigenvalue weighted by atomic mass is 9.86. The molecule has 0 aromatic heterocycles. The average Bonchev–Trinajstić information content (AvgIpc) is 1.80. The van der Waals surface area contributed by atoms with E-state index in [0.29, 0.717) is 12.5 Å². The lowest BCUT2D eigenvalue weighted by molar-refractivity contribution is 0.0801. The van der Waals surface area contributed by atoms with Crippen molar-refractivity contribution in [1.29, 1.82) is 0 Å². The summed E-state index contributed by atoms with van der Waals surface area (Å²) < 4.78 is 26.0. The fourth-order valence-electron chi connectivity index (χ4n) is 1.07. The van der Waals surface area contributed by atoms with Gasteiger partial charge in [-0.25, -0.2) is 8.42 Å². The highest BCUT2D eigenvalue weighted by Crippen LogP contribution is 2.26. The van der Waals surface area contributed by atoms with Crippen LogP contribution in [-0.2, 0) is 13.8 Å². The van der Waals surface area contributed by atoms with Crippen molar-refractivity contribution in [2.24, 2.45) is 5.92 Å². The number of hydrogen-bond donors (Lipinski definition) is 0. The van der Waals surface area contributed by atoms with Crippen molar-refractivity contribution in [3.8, 4) is 0 Å². The van der Waals surface area contributed by atoms with Crippen LogP contribution in [0.1, 0.15) is 19.3 Å². The molecule has 0 aliphatic heterocycles. The van der Waals surface area contributed by atoms with E-state index in [1.165, 1.54) is 19.3 Å². The molecule has 0 saturated heterocycles. The van der Waals surface area contributed by atoms with E-state index in [9.17, 15) is 8.42 Å². The summed E-state index contributed by atoms with van der Waals surface area (Å²) in [5.41, 5.74) is 0.